The predicted molar refractivity (Wildman–Crippen MR) is 68.9 cm³/mol. The largest absolute Gasteiger partial charge is 0.302 e. The lowest BCUT2D eigenvalue weighted by Gasteiger charge is -1.99. The van der Waals surface area contributed by atoms with E-state index >= 15 is 0 Å². The van der Waals surface area contributed by atoms with Gasteiger partial charge in [0.25, 0.3) is 5.56 Å². The van der Waals surface area contributed by atoms with Crippen molar-refractivity contribution in [3.05, 3.63) is 33.1 Å². The molecule has 0 saturated heterocycles. The van der Waals surface area contributed by atoms with Crippen molar-refractivity contribution in [3.63, 3.8) is 0 Å². The van der Waals surface area contributed by atoms with E-state index in [1.54, 1.807) is 17.6 Å². The third-order valence-corrected chi connectivity index (χ3v) is 3.61. The smallest absolute Gasteiger partial charge is 0.277 e. The lowest BCUT2D eigenvalue weighted by molar-refractivity contribution is 0.852. The van der Waals surface area contributed by atoms with Crippen molar-refractivity contribution in [1.29, 1.82) is 0 Å². The van der Waals surface area contributed by atoms with Gasteiger partial charge in [-0.15, -0.1) is 16.4 Å². The molecule has 3 heterocycles. The molecule has 0 aromatic carbocycles. The molecular weight excluding hydrogens is 250 g/mol. The topological polar surface area (TPSA) is 75.9 Å². The monoisotopic (exact) mass is 261 g/mol. The lowest BCUT2D eigenvalue weighted by atomic mass is 10.4. The molecule has 0 bridgehead atoms. The molecule has 0 saturated carbocycles. The van der Waals surface area contributed by atoms with Crippen molar-refractivity contribution < 1.29 is 0 Å². The van der Waals surface area contributed by atoms with Crippen LogP contribution in [0.15, 0.2) is 11.0 Å². The number of nitrogens with zero attached hydrogens (tertiary/aromatic N) is 4. The van der Waals surface area contributed by atoms with Crippen LogP contribution in [0.4, 0.5) is 0 Å². The molecule has 3 aromatic heterocycles. The predicted octanol–water partition coefficient (Wildman–Crippen LogP) is 1.47. The van der Waals surface area contributed by atoms with Gasteiger partial charge in [0.15, 0.2) is 11.3 Å². The Morgan fingerprint density at radius 1 is 1.33 bits per heavy atom. The van der Waals surface area contributed by atoms with Crippen LogP contribution in [-0.4, -0.2) is 24.6 Å². The second kappa shape index (κ2) is 3.74. The molecule has 0 fully saturated rings. The van der Waals surface area contributed by atoms with Gasteiger partial charge in [-0.25, -0.2) is 14.5 Å². The molecule has 1 N–H and O–H groups in total. The lowest BCUT2D eigenvalue weighted by Crippen LogP contribution is -2.14. The van der Waals surface area contributed by atoms with Gasteiger partial charge in [-0.3, -0.25) is 4.79 Å². The Balaban J connectivity index is 2.34. The van der Waals surface area contributed by atoms with Crippen molar-refractivity contribution in [2.75, 3.05) is 0 Å². The van der Waals surface area contributed by atoms with Gasteiger partial charge in [-0.2, -0.15) is 0 Å². The number of hydrogen-bond acceptors (Lipinski definition) is 5. The van der Waals surface area contributed by atoms with Gasteiger partial charge in [-0.1, -0.05) is 0 Å². The Hall–Kier alpha value is -2.02. The molecule has 0 aliphatic carbocycles. The second-order valence-electron chi connectivity index (χ2n) is 4.05. The van der Waals surface area contributed by atoms with Crippen LogP contribution < -0.4 is 5.56 Å². The summed E-state index contributed by atoms with van der Waals surface area (Å²) < 4.78 is 1.58. The molecule has 0 radical (unpaired) electrons. The van der Waals surface area contributed by atoms with E-state index in [4.69, 9.17) is 0 Å². The number of aromatic nitrogens is 5. The van der Waals surface area contributed by atoms with E-state index in [0.717, 1.165) is 9.88 Å². The standard InChI is InChI=1S/C11H11N5OS/c1-5-9-11(17)14-10(8-4-12-7(3)18-8)15-16(9)6(2)13-5/h4H,1-3H3,(H,14,15,17). The maximum atomic E-state index is 12.0. The zero-order valence-electron chi connectivity index (χ0n) is 10.2. The van der Waals surface area contributed by atoms with Crippen molar-refractivity contribution in [1.82, 2.24) is 24.6 Å². The minimum Gasteiger partial charge on any atom is -0.302 e. The number of nitrogens with one attached hydrogen (secondary N) is 1. The molecule has 0 aliphatic rings. The van der Waals surface area contributed by atoms with Crippen molar-refractivity contribution >= 4 is 16.9 Å². The molecular formula is C11H11N5OS. The summed E-state index contributed by atoms with van der Waals surface area (Å²) in [6.07, 6.45) is 1.71. The SMILES string of the molecule is Cc1ncc(-c2nn3c(C)nc(C)c3c(=O)[nH]2)s1. The summed E-state index contributed by atoms with van der Waals surface area (Å²) in [7, 11) is 0. The van der Waals surface area contributed by atoms with Crippen LogP contribution in [0.3, 0.4) is 0 Å². The quantitative estimate of drug-likeness (QED) is 0.719. The molecule has 3 aromatic rings. The van der Waals surface area contributed by atoms with E-state index in [9.17, 15) is 4.79 Å². The fourth-order valence-electron chi connectivity index (χ4n) is 1.91. The zero-order valence-corrected chi connectivity index (χ0v) is 11.0. The van der Waals surface area contributed by atoms with Crippen molar-refractivity contribution in [2.45, 2.75) is 20.8 Å². The van der Waals surface area contributed by atoms with Crippen LogP contribution in [0.5, 0.6) is 0 Å². The molecule has 7 heteroatoms. The van der Waals surface area contributed by atoms with Crippen LogP contribution >= 0.6 is 11.3 Å². The highest BCUT2D eigenvalue weighted by Gasteiger charge is 2.13. The van der Waals surface area contributed by atoms with Crippen LogP contribution in [0, 0.1) is 20.8 Å². The summed E-state index contributed by atoms with van der Waals surface area (Å²) in [6.45, 7) is 5.54. The Bertz CT molecular complexity index is 797. The normalized spacial score (nSPS) is 11.3. The van der Waals surface area contributed by atoms with Crippen molar-refractivity contribution in [3.8, 4) is 10.7 Å². The van der Waals surface area contributed by atoms with Gasteiger partial charge in [0, 0.05) is 6.20 Å². The van der Waals surface area contributed by atoms with Gasteiger partial charge < -0.3 is 4.98 Å². The number of fused-ring (bicyclic) bond motifs is 1. The Labute approximate surface area is 106 Å². The maximum Gasteiger partial charge on any atom is 0.277 e. The Morgan fingerprint density at radius 3 is 2.78 bits per heavy atom. The van der Waals surface area contributed by atoms with E-state index in [0.29, 0.717) is 22.9 Å². The number of aromatic amines is 1. The highest BCUT2D eigenvalue weighted by atomic mass is 32.1. The third-order valence-electron chi connectivity index (χ3n) is 2.69. The molecule has 0 atom stereocenters. The van der Waals surface area contributed by atoms with Crippen LogP contribution in [0.1, 0.15) is 16.5 Å². The number of rotatable bonds is 1. The zero-order chi connectivity index (χ0) is 12.9. The molecule has 0 aliphatic heterocycles. The van der Waals surface area contributed by atoms with E-state index in [-0.39, 0.29) is 5.56 Å². The molecule has 3 rings (SSSR count). The average Bonchev–Trinajstić information content (AvgIpc) is 2.84. The fourth-order valence-corrected chi connectivity index (χ4v) is 2.63. The first-order chi connectivity index (χ1) is 8.56. The summed E-state index contributed by atoms with van der Waals surface area (Å²) in [5.41, 5.74) is 1.01. The van der Waals surface area contributed by atoms with Gasteiger partial charge >= 0.3 is 0 Å². The molecule has 0 unspecified atom stereocenters. The Kier molecular flexibility index (Phi) is 2.30. The summed E-state index contributed by atoms with van der Waals surface area (Å²) in [4.78, 5) is 24.1. The number of aryl methyl sites for hydroxylation is 3. The van der Waals surface area contributed by atoms with Crippen LogP contribution in [0.25, 0.3) is 16.2 Å². The minimum atomic E-state index is -0.177. The van der Waals surface area contributed by atoms with Gasteiger partial charge in [0.1, 0.15) is 5.82 Å². The molecule has 0 spiro atoms. The second-order valence-corrected chi connectivity index (χ2v) is 5.29. The number of thiazole rings is 1. The third kappa shape index (κ3) is 1.55. The number of H-pyrrole nitrogens is 1. The molecule has 0 amide bonds. The van der Waals surface area contributed by atoms with E-state index in [1.807, 2.05) is 13.8 Å². The maximum absolute atomic E-state index is 12.0. The molecule has 92 valence electrons. The summed E-state index contributed by atoms with van der Waals surface area (Å²) in [5.74, 6) is 1.23. The molecule has 6 nitrogen and oxygen atoms in total. The summed E-state index contributed by atoms with van der Waals surface area (Å²) in [6, 6.07) is 0. The van der Waals surface area contributed by atoms with E-state index < -0.39 is 0 Å². The van der Waals surface area contributed by atoms with Gasteiger partial charge in [0.2, 0.25) is 0 Å². The highest BCUT2D eigenvalue weighted by Crippen LogP contribution is 2.21. The van der Waals surface area contributed by atoms with E-state index in [1.165, 1.54) is 11.3 Å². The van der Waals surface area contributed by atoms with Gasteiger partial charge in [-0.05, 0) is 20.8 Å². The van der Waals surface area contributed by atoms with Gasteiger partial charge in [0.05, 0.1) is 15.6 Å². The minimum absolute atomic E-state index is 0.177. The first kappa shape index (κ1) is 11.1. The first-order valence-corrected chi connectivity index (χ1v) is 6.27. The van der Waals surface area contributed by atoms with E-state index in [2.05, 4.69) is 20.1 Å². The number of imidazole rings is 1. The Morgan fingerprint density at radius 2 is 2.11 bits per heavy atom. The van der Waals surface area contributed by atoms with Crippen LogP contribution in [0.2, 0.25) is 0 Å². The highest BCUT2D eigenvalue weighted by molar-refractivity contribution is 7.14. The summed E-state index contributed by atoms with van der Waals surface area (Å²) >= 11 is 1.49. The van der Waals surface area contributed by atoms with Crippen LogP contribution in [-0.2, 0) is 0 Å². The number of hydrogen-bond donors (Lipinski definition) is 1. The fraction of sp³-hybridized carbons (Fsp3) is 0.273. The average molecular weight is 261 g/mol. The first-order valence-electron chi connectivity index (χ1n) is 5.45. The summed E-state index contributed by atoms with van der Waals surface area (Å²) in [5, 5.41) is 5.35. The van der Waals surface area contributed by atoms with Crippen molar-refractivity contribution in [2.24, 2.45) is 0 Å². The molecule has 18 heavy (non-hydrogen) atoms.